The SMILES string of the molecule is COc1ccc(C(=O)Nc2ccc(C=Cc3ccc(NC(=O)c4ccc(OC)c(S(=O)(=O)NCCN5CCOCC5)c4)cc3S(=O)(=O)O)c(S(=O)(=O)O)c2)cc1S(=O)(=O)NCCN1CCOCC1. The third kappa shape index (κ3) is 13.7. The van der Waals surface area contributed by atoms with Crippen LogP contribution in [0.25, 0.3) is 12.2 Å². The Morgan fingerprint density at radius 1 is 0.559 bits per heavy atom. The summed E-state index contributed by atoms with van der Waals surface area (Å²) in [4.78, 5) is 28.7. The number of nitrogens with one attached hydrogen (secondary N) is 4. The van der Waals surface area contributed by atoms with E-state index in [0.29, 0.717) is 65.7 Å². The van der Waals surface area contributed by atoms with Crippen molar-refractivity contribution < 1.29 is 71.3 Å². The maximum Gasteiger partial charge on any atom is 0.295 e. The van der Waals surface area contributed by atoms with Gasteiger partial charge in [-0.2, -0.15) is 16.8 Å². The molecule has 2 aliphatic heterocycles. The van der Waals surface area contributed by atoms with E-state index in [-0.39, 0.29) is 68.0 Å². The van der Waals surface area contributed by atoms with Gasteiger partial charge >= 0.3 is 0 Å². The van der Waals surface area contributed by atoms with Gasteiger partial charge in [-0.05, 0) is 71.8 Å². The quantitative estimate of drug-likeness (QED) is 0.0546. The Labute approximate surface area is 394 Å². The maximum atomic E-state index is 13.4. The van der Waals surface area contributed by atoms with E-state index >= 15 is 0 Å². The number of hydrogen-bond donors (Lipinski definition) is 6. The number of benzene rings is 4. The highest BCUT2D eigenvalue weighted by Gasteiger charge is 2.25. The Morgan fingerprint density at radius 3 is 1.26 bits per heavy atom. The van der Waals surface area contributed by atoms with Gasteiger partial charge in [-0.3, -0.25) is 28.5 Å². The third-order valence-electron chi connectivity index (χ3n) is 10.6. The molecule has 2 heterocycles. The fourth-order valence-electron chi connectivity index (χ4n) is 7.07. The molecule has 2 saturated heterocycles. The molecule has 6 N–H and O–H groups in total. The second-order valence-corrected chi connectivity index (χ2v) is 21.4. The van der Waals surface area contributed by atoms with Crippen LogP contribution in [0.1, 0.15) is 31.8 Å². The molecule has 6 rings (SSSR count). The number of amides is 2. The Kier molecular flexibility index (Phi) is 17.1. The van der Waals surface area contributed by atoms with Crippen LogP contribution in [0.4, 0.5) is 11.4 Å². The topological polar surface area (TPSA) is 303 Å². The minimum Gasteiger partial charge on any atom is -0.495 e. The van der Waals surface area contributed by atoms with E-state index in [1.807, 2.05) is 9.80 Å². The van der Waals surface area contributed by atoms with Crippen molar-refractivity contribution in [2.45, 2.75) is 19.6 Å². The molecule has 0 spiro atoms. The standard InChI is InChI=1S/C42H50N6O16S4/c1-61-35-11-7-31(25-39(35)65(51,52)43-13-15-47-17-21-63-22-18-47)41(49)45-33-9-5-29(37(27-33)67(55,56)57)3-4-30-6-10-34(28-38(30)68(58,59)60)46-42(50)32-8-12-36(62-2)40(26-32)66(53,54)44-14-16-48-19-23-64-24-20-48/h3-12,25-28,43-44H,13-24H2,1-2H3,(H,45,49)(H,46,50)(H,55,56,57)(H,58,59,60). The lowest BCUT2D eigenvalue weighted by Crippen LogP contribution is -2.41. The Bertz CT molecular complexity index is 2790. The first-order valence-electron chi connectivity index (χ1n) is 20.7. The van der Waals surface area contributed by atoms with Crippen LogP contribution in [0.15, 0.2) is 92.4 Å². The number of ether oxygens (including phenoxy) is 4. The van der Waals surface area contributed by atoms with Crippen LogP contribution in [-0.2, 0) is 49.8 Å². The molecule has 4 aromatic rings. The zero-order chi connectivity index (χ0) is 49.3. The number of carbonyl (C=O) groups is 2. The van der Waals surface area contributed by atoms with E-state index in [4.69, 9.17) is 18.9 Å². The monoisotopic (exact) mass is 1020 g/mol. The van der Waals surface area contributed by atoms with Gasteiger partial charge in [0.15, 0.2) is 0 Å². The lowest BCUT2D eigenvalue weighted by Gasteiger charge is -2.26. The molecule has 2 aliphatic rings. The van der Waals surface area contributed by atoms with Gasteiger partial charge in [0, 0.05) is 74.9 Å². The summed E-state index contributed by atoms with van der Waals surface area (Å²) in [5, 5.41) is 4.94. The molecule has 0 radical (unpaired) electrons. The van der Waals surface area contributed by atoms with Gasteiger partial charge in [-0.1, -0.05) is 24.3 Å². The van der Waals surface area contributed by atoms with Crippen LogP contribution in [0.2, 0.25) is 0 Å². The minimum atomic E-state index is -5.01. The number of morpholine rings is 2. The number of sulfonamides is 2. The molecule has 0 atom stereocenters. The molecule has 0 bridgehead atoms. The second kappa shape index (κ2) is 22.4. The Balaban J connectivity index is 1.17. The highest BCUT2D eigenvalue weighted by atomic mass is 32.2. The van der Waals surface area contributed by atoms with E-state index < -0.39 is 61.9 Å². The van der Waals surface area contributed by atoms with Gasteiger partial charge < -0.3 is 29.6 Å². The second-order valence-electron chi connectivity index (χ2n) is 15.1. The van der Waals surface area contributed by atoms with Gasteiger partial charge in [0.1, 0.15) is 31.1 Å². The summed E-state index contributed by atoms with van der Waals surface area (Å²) in [6, 6.07) is 14.1. The summed E-state index contributed by atoms with van der Waals surface area (Å²) < 4.78 is 150. The van der Waals surface area contributed by atoms with Gasteiger partial charge in [-0.15, -0.1) is 0 Å². The van der Waals surface area contributed by atoms with Crippen molar-refractivity contribution in [3.05, 3.63) is 95.1 Å². The Morgan fingerprint density at radius 2 is 0.926 bits per heavy atom. The highest BCUT2D eigenvalue weighted by Crippen LogP contribution is 2.30. The molecule has 26 heteroatoms. The predicted octanol–water partition coefficient (Wildman–Crippen LogP) is 2.09. The van der Waals surface area contributed by atoms with Crippen molar-refractivity contribution in [2.75, 3.05) is 104 Å². The van der Waals surface area contributed by atoms with Crippen LogP contribution < -0.4 is 29.6 Å². The molecule has 0 aliphatic carbocycles. The molecular formula is C42H50N6O16S4. The van der Waals surface area contributed by atoms with E-state index in [2.05, 4.69) is 20.1 Å². The van der Waals surface area contributed by atoms with Crippen LogP contribution in [0.5, 0.6) is 11.5 Å². The summed E-state index contributed by atoms with van der Waals surface area (Å²) in [7, 11) is -15.8. The number of rotatable bonds is 20. The molecule has 0 unspecified atom stereocenters. The molecule has 68 heavy (non-hydrogen) atoms. The third-order valence-corrected chi connectivity index (χ3v) is 15.4. The van der Waals surface area contributed by atoms with Crippen LogP contribution in [0, 0.1) is 0 Å². The van der Waals surface area contributed by atoms with Crippen LogP contribution in [-0.4, -0.2) is 157 Å². The van der Waals surface area contributed by atoms with E-state index in [1.54, 1.807) is 0 Å². The van der Waals surface area contributed by atoms with Crippen LogP contribution in [0.3, 0.4) is 0 Å². The van der Waals surface area contributed by atoms with Crippen molar-refractivity contribution >= 4 is 75.6 Å². The van der Waals surface area contributed by atoms with E-state index in [9.17, 15) is 52.4 Å². The fraction of sp³-hybridized carbons (Fsp3) is 0.333. The molecule has 2 amide bonds. The maximum absolute atomic E-state index is 13.4. The number of anilines is 2. The first kappa shape index (κ1) is 52.0. The highest BCUT2D eigenvalue weighted by molar-refractivity contribution is 7.90. The zero-order valence-electron chi connectivity index (χ0n) is 36.7. The average molecular weight is 1020 g/mol. The summed E-state index contributed by atoms with van der Waals surface area (Å²) in [5.74, 6) is -1.78. The van der Waals surface area contributed by atoms with Gasteiger partial charge in [0.2, 0.25) is 20.0 Å². The molecule has 4 aromatic carbocycles. The summed E-state index contributed by atoms with van der Waals surface area (Å²) in [6.07, 6.45) is 2.22. The summed E-state index contributed by atoms with van der Waals surface area (Å²) >= 11 is 0. The van der Waals surface area contributed by atoms with Crippen molar-refractivity contribution in [3.63, 3.8) is 0 Å². The minimum absolute atomic E-state index is 0.0389. The molecule has 0 aromatic heterocycles. The first-order valence-corrected chi connectivity index (χ1v) is 26.5. The van der Waals surface area contributed by atoms with Crippen molar-refractivity contribution in [3.8, 4) is 11.5 Å². The van der Waals surface area contributed by atoms with Gasteiger partial charge in [-0.25, -0.2) is 26.3 Å². The average Bonchev–Trinajstić information content (AvgIpc) is 3.30. The first-order chi connectivity index (χ1) is 32.2. The zero-order valence-corrected chi connectivity index (χ0v) is 40.0. The number of carbonyl (C=O) groups excluding carboxylic acids is 2. The summed E-state index contributed by atoms with van der Waals surface area (Å²) in [5.41, 5.74) is -0.928. The fourth-order valence-corrected chi connectivity index (χ4v) is 10.9. The number of hydrogen-bond acceptors (Lipinski definition) is 16. The normalized spacial score (nSPS) is 15.5. The predicted molar refractivity (Wildman–Crippen MR) is 248 cm³/mol. The van der Waals surface area contributed by atoms with Crippen LogP contribution >= 0.6 is 0 Å². The molecule has 0 saturated carbocycles. The molecule has 368 valence electrons. The lowest BCUT2D eigenvalue weighted by molar-refractivity contribution is 0.0389. The smallest absolute Gasteiger partial charge is 0.295 e. The molecular weight excluding hydrogens is 973 g/mol. The van der Waals surface area contributed by atoms with E-state index in [0.717, 1.165) is 36.4 Å². The van der Waals surface area contributed by atoms with Gasteiger partial charge in [0.05, 0.1) is 40.6 Å². The van der Waals surface area contributed by atoms with Gasteiger partial charge in [0.25, 0.3) is 32.1 Å². The lowest BCUT2D eigenvalue weighted by atomic mass is 10.1. The van der Waals surface area contributed by atoms with Crippen molar-refractivity contribution in [1.82, 2.24) is 19.2 Å². The number of nitrogens with zero attached hydrogens (tertiary/aromatic N) is 2. The largest absolute Gasteiger partial charge is 0.495 e. The number of methoxy groups -OCH3 is 2. The Hall–Kier alpha value is -5.36. The molecule has 22 nitrogen and oxygen atoms in total. The molecule has 2 fully saturated rings. The van der Waals surface area contributed by atoms with Crippen molar-refractivity contribution in [1.29, 1.82) is 0 Å². The van der Waals surface area contributed by atoms with E-state index in [1.165, 1.54) is 62.8 Å². The van der Waals surface area contributed by atoms with Crippen molar-refractivity contribution in [2.24, 2.45) is 0 Å². The summed E-state index contributed by atoms with van der Waals surface area (Å²) in [6.45, 7) is 5.69.